The Balaban J connectivity index is 1.45. The quantitative estimate of drug-likeness (QED) is 0.323. The van der Waals surface area contributed by atoms with Crippen molar-refractivity contribution in [3.05, 3.63) is 77.2 Å². The molecule has 2 bridgehead atoms. The molecule has 2 aliphatic carbocycles. The molecule has 0 radical (unpaired) electrons. The Bertz CT molecular complexity index is 1600. The number of oxazole rings is 1. The van der Waals surface area contributed by atoms with Gasteiger partial charge in [0.1, 0.15) is 29.3 Å². The topological polar surface area (TPSA) is 97.8 Å². The minimum atomic E-state index is -4.97. The third-order valence-electron chi connectivity index (χ3n) is 8.45. The fraction of sp³-hybridized carbons (Fsp3) is 0.370. The number of nitrogens with zero attached hydrogens (tertiary/aromatic N) is 5. The summed E-state index contributed by atoms with van der Waals surface area (Å²) in [4.78, 5) is 12.8. The van der Waals surface area contributed by atoms with Crippen LogP contribution in [0.25, 0.3) is 22.8 Å². The van der Waals surface area contributed by atoms with Gasteiger partial charge in [-0.15, -0.1) is 5.10 Å². The molecule has 7 nitrogen and oxygen atoms in total. The van der Waals surface area contributed by atoms with Gasteiger partial charge in [-0.25, -0.2) is 18.7 Å². The maximum atomic E-state index is 14.5. The second kappa shape index (κ2) is 8.10. The molecule has 0 aliphatic heterocycles. The summed E-state index contributed by atoms with van der Waals surface area (Å²) in [6.07, 6.45) is 0.0253. The monoisotopic (exact) mass is 543 g/mol. The van der Waals surface area contributed by atoms with Gasteiger partial charge in [0.2, 0.25) is 11.5 Å². The SMILES string of the molecule is CC1(C)[C@H]2CC[C@]1(c1cncc(-c3nc([C@@](C)(O)C(F)(F)F)co3)n1)c1nnc(-c3c(F)cccc3F)cc12. The van der Waals surface area contributed by atoms with Crippen molar-refractivity contribution in [2.24, 2.45) is 5.41 Å². The van der Waals surface area contributed by atoms with Gasteiger partial charge in [-0.1, -0.05) is 19.9 Å². The summed E-state index contributed by atoms with van der Waals surface area (Å²) in [6.45, 7) is 4.69. The average Bonchev–Trinajstić information content (AvgIpc) is 3.52. The average molecular weight is 543 g/mol. The molecule has 3 heterocycles. The Morgan fingerprint density at radius 1 is 1.03 bits per heavy atom. The molecule has 0 amide bonds. The number of rotatable bonds is 4. The first kappa shape index (κ1) is 25.5. The van der Waals surface area contributed by atoms with E-state index in [0.29, 0.717) is 24.7 Å². The molecule has 1 saturated carbocycles. The fourth-order valence-corrected chi connectivity index (χ4v) is 6.19. The molecular weight excluding hydrogens is 521 g/mol. The molecule has 202 valence electrons. The van der Waals surface area contributed by atoms with Crippen LogP contribution in [0.15, 0.2) is 47.3 Å². The molecule has 2 aliphatic rings. The minimum absolute atomic E-state index is 0.0164. The van der Waals surface area contributed by atoms with Crippen LogP contribution in [-0.2, 0) is 11.0 Å². The van der Waals surface area contributed by atoms with Gasteiger partial charge in [-0.2, -0.15) is 18.3 Å². The molecule has 12 heteroatoms. The molecule has 0 saturated heterocycles. The molecule has 1 N–H and O–H groups in total. The van der Waals surface area contributed by atoms with E-state index in [0.717, 1.165) is 30.4 Å². The van der Waals surface area contributed by atoms with Gasteiger partial charge in [0.15, 0.2) is 0 Å². The molecule has 39 heavy (non-hydrogen) atoms. The highest BCUT2D eigenvalue weighted by Gasteiger charge is 2.65. The van der Waals surface area contributed by atoms with Crippen LogP contribution in [0, 0.1) is 17.0 Å². The first-order chi connectivity index (χ1) is 18.3. The van der Waals surface area contributed by atoms with Crippen molar-refractivity contribution in [1.29, 1.82) is 0 Å². The molecule has 0 unspecified atom stereocenters. The van der Waals surface area contributed by atoms with Gasteiger partial charge in [0, 0.05) is 6.20 Å². The molecular formula is C27H22F5N5O2. The van der Waals surface area contributed by atoms with Gasteiger partial charge in [-0.3, -0.25) is 4.98 Å². The minimum Gasteiger partial charge on any atom is -0.443 e. The largest absolute Gasteiger partial charge is 0.443 e. The molecule has 1 aromatic carbocycles. The van der Waals surface area contributed by atoms with Gasteiger partial charge < -0.3 is 9.52 Å². The summed E-state index contributed by atoms with van der Waals surface area (Å²) < 4.78 is 74.1. The van der Waals surface area contributed by atoms with Crippen molar-refractivity contribution in [1.82, 2.24) is 25.1 Å². The molecule has 3 atom stereocenters. The number of hydrogen-bond donors (Lipinski definition) is 1. The third-order valence-corrected chi connectivity index (χ3v) is 8.45. The lowest BCUT2D eigenvalue weighted by Gasteiger charge is -2.37. The van der Waals surface area contributed by atoms with E-state index < -0.39 is 39.9 Å². The van der Waals surface area contributed by atoms with Gasteiger partial charge in [0.25, 0.3) is 0 Å². The zero-order chi connectivity index (χ0) is 28.0. The number of fused-ring (bicyclic) bond motifs is 5. The third kappa shape index (κ3) is 3.39. The molecule has 4 aromatic rings. The summed E-state index contributed by atoms with van der Waals surface area (Å²) in [5, 5.41) is 18.6. The number of halogens is 5. The van der Waals surface area contributed by atoms with E-state index in [1.807, 2.05) is 13.8 Å². The van der Waals surface area contributed by atoms with E-state index in [1.165, 1.54) is 12.3 Å². The van der Waals surface area contributed by atoms with Crippen molar-refractivity contribution < 1.29 is 31.5 Å². The zero-order valence-electron chi connectivity index (χ0n) is 21.0. The summed E-state index contributed by atoms with van der Waals surface area (Å²) in [5.74, 6) is -1.73. The van der Waals surface area contributed by atoms with E-state index >= 15 is 0 Å². The Kier molecular flexibility index (Phi) is 5.29. The lowest BCUT2D eigenvalue weighted by molar-refractivity contribution is -0.260. The Morgan fingerprint density at radius 2 is 1.74 bits per heavy atom. The fourth-order valence-electron chi connectivity index (χ4n) is 6.19. The summed E-state index contributed by atoms with van der Waals surface area (Å²) in [5.41, 5.74) is -3.31. The van der Waals surface area contributed by atoms with Crippen LogP contribution in [0.2, 0.25) is 0 Å². The van der Waals surface area contributed by atoms with E-state index in [1.54, 1.807) is 12.3 Å². The zero-order valence-corrected chi connectivity index (χ0v) is 21.0. The number of alkyl halides is 3. The first-order valence-electron chi connectivity index (χ1n) is 12.2. The van der Waals surface area contributed by atoms with Gasteiger partial charge in [-0.05, 0) is 54.9 Å². The number of aromatic nitrogens is 5. The lowest BCUT2D eigenvalue weighted by Crippen LogP contribution is -2.39. The highest BCUT2D eigenvalue weighted by molar-refractivity contribution is 5.64. The van der Waals surface area contributed by atoms with E-state index in [9.17, 15) is 27.1 Å². The Labute approximate surface area is 219 Å². The van der Waals surface area contributed by atoms with Crippen molar-refractivity contribution in [3.63, 3.8) is 0 Å². The highest BCUT2D eigenvalue weighted by atomic mass is 19.4. The van der Waals surface area contributed by atoms with E-state index in [-0.39, 0.29) is 28.8 Å². The highest BCUT2D eigenvalue weighted by Crippen LogP contribution is 2.69. The summed E-state index contributed by atoms with van der Waals surface area (Å²) >= 11 is 0. The number of aliphatic hydroxyl groups is 1. The normalized spacial score (nSPS) is 23.1. The molecule has 6 rings (SSSR count). The van der Waals surface area contributed by atoms with Gasteiger partial charge >= 0.3 is 6.18 Å². The van der Waals surface area contributed by atoms with Gasteiger partial charge in [0.05, 0.1) is 34.3 Å². The van der Waals surface area contributed by atoms with Crippen LogP contribution in [0.4, 0.5) is 22.0 Å². The number of hydrogen-bond acceptors (Lipinski definition) is 7. The summed E-state index contributed by atoms with van der Waals surface area (Å²) in [7, 11) is 0. The van der Waals surface area contributed by atoms with Crippen LogP contribution in [-0.4, -0.2) is 36.4 Å². The smallest absolute Gasteiger partial charge is 0.422 e. The molecule has 1 fully saturated rings. The first-order valence-corrected chi connectivity index (χ1v) is 12.2. The Morgan fingerprint density at radius 3 is 2.44 bits per heavy atom. The van der Waals surface area contributed by atoms with Crippen LogP contribution < -0.4 is 0 Å². The second-order valence-electron chi connectivity index (χ2n) is 10.7. The summed E-state index contributed by atoms with van der Waals surface area (Å²) in [6, 6.07) is 5.28. The van der Waals surface area contributed by atoms with Crippen molar-refractivity contribution in [2.45, 2.75) is 56.7 Å². The predicted octanol–water partition coefficient (Wildman–Crippen LogP) is 5.84. The molecule has 0 spiro atoms. The van der Waals surface area contributed by atoms with Crippen molar-refractivity contribution in [3.8, 4) is 22.8 Å². The van der Waals surface area contributed by atoms with E-state index in [4.69, 9.17) is 4.42 Å². The van der Waals surface area contributed by atoms with Crippen LogP contribution in [0.5, 0.6) is 0 Å². The van der Waals surface area contributed by atoms with Crippen molar-refractivity contribution in [2.75, 3.05) is 0 Å². The van der Waals surface area contributed by atoms with E-state index in [2.05, 4.69) is 25.1 Å². The predicted molar refractivity (Wildman–Crippen MR) is 127 cm³/mol. The lowest BCUT2D eigenvalue weighted by atomic mass is 9.66. The number of benzene rings is 1. The van der Waals surface area contributed by atoms with Crippen LogP contribution in [0.1, 0.15) is 62.2 Å². The van der Waals surface area contributed by atoms with Crippen molar-refractivity contribution >= 4 is 0 Å². The second-order valence-corrected chi connectivity index (χ2v) is 10.7. The van der Waals surface area contributed by atoms with Crippen LogP contribution in [0.3, 0.4) is 0 Å². The Hall–Kier alpha value is -3.80. The maximum absolute atomic E-state index is 14.5. The maximum Gasteiger partial charge on any atom is 0.422 e. The standard InChI is InChI=1S/C27H22F5N5O2/c1-24(2)14-7-8-26(24,22-13(14)9-17(36-37-22)21-15(28)5-4-6-16(21)29)19-11-33-10-18(34-19)23-35-20(12-39-23)25(3,38)27(30,31)32/h4-6,9-12,14,38H,7-8H2,1-3H3/t14-,25+,26-/m0/s1. The molecule has 3 aromatic heterocycles. The van der Waals surface area contributed by atoms with Crippen LogP contribution >= 0.6 is 0 Å².